The summed E-state index contributed by atoms with van der Waals surface area (Å²) in [6, 6.07) is 13.2. The molecular formula is C24H26N4O4S. The molecule has 0 spiro atoms. The number of nitrogens with one attached hydrogen (secondary N) is 1. The number of anilines is 1. The highest BCUT2D eigenvalue weighted by molar-refractivity contribution is 7.16. The Bertz CT molecular complexity index is 1160. The van der Waals surface area contributed by atoms with Crippen LogP contribution in [0, 0.1) is 0 Å². The maximum Gasteiger partial charge on any atom is 0.260 e. The Morgan fingerprint density at radius 2 is 1.88 bits per heavy atom. The number of carbonyl (C=O) groups excluding carboxylic acids is 2. The first-order chi connectivity index (χ1) is 16.0. The topological polar surface area (TPSA) is 107 Å². The van der Waals surface area contributed by atoms with Crippen LogP contribution in [0.2, 0.25) is 0 Å². The third-order valence-electron chi connectivity index (χ3n) is 5.62. The molecule has 0 aliphatic carbocycles. The summed E-state index contributed by atoms with van der Waals surface area (Å²) in [5.74, 6) is 0.00285. The maximum atomic E-state index is 12.9. The number of aromatic nitrogens is 1. The van der Waals surface area contributed by atoms with Gasteiger partial charge in [0.2, 0.25) is 5.91 Å². The highest BCUT2D eigenvalue weighted by atomic mass is 32.1. The van der Waals surface area contributed by atoms with Crippen molar-refractivity contribution in [3.8, 4) is 27.4 Å². The Hall–Kier alpha value is -3.27. The third kappa shape index (κ3) is 5.22. The van der Waals surface area contributed by atoms with Gasteiger partial charge in [0.1, 0.15) is 15.6 Å². The van der Waals surface area contributed by atoms with Gasteiger partial charge in [0, 0.05) is 18.7 Å². The van der Waals surface area contributed by atoms with Gasteiger partial charge in [-0.15, -0.1) is 11.3 Å². The number of morpholine rings is 1. The van der Waals surface area contributed by atoms with Crippen LogP contribution in [-0.4, -0.2) is 61.2 Å². The van der Waals surface area contributed by atoms with E-state index in [0.29, 0.717) is 34.5 Å². The number of primary amides is 1. The smallest absolute Gasteiger partial charge is 0.260 e. The van der Waals surface area contributed by atoms with Crippen molar-refractivity contribution < 1.29 is 19.1 Å². The van der Waals surface area contributed by atoms with Gasteiger partial charge in [-0.2, -0.15) is 0 Å². The van der Waals surface area contributed by atoms with E-state index in [0.717, 1.165) is 29.8 Å². The number of carbonyl (C=O) groups is 2. The second-order valence-electron chi connectivity index (χ2n) is 7.70. The summed E-state index contributed by atoms with van der Waals surface area (Å²) in [7, 11) is 1.58. The summed E-state index contributed by atoms with van der Waals surface area (Å²) in [6.45, 7) is 4.62. The lowest BCUT2D eigenvalue weighted by Crippen LogP contribution is -2.47. The minimum absolute atomic E-state index is 0.0946. The Labute approximate surface area is 196 Å². The van der Waals surface area contributed by atoms with Crippen LogP contribution >= 0.6 is 11.3 Å². The third-order valence-corrected chi connectivity index (χ3v) is 6.68. The molecular weight excluding hydrogens is 440 g/mol. The lowest BCUT2D eigenvalue weighted by Gasteiger charge is -2.31. The predicted molar refractivity (Wildman–Crippen MR) is 129 cm³/mol. The Morgan fingerprint density at radius 1 is 1.15 bits per heavy atom. The highest BCUT2D eigenvalue weighted by Crippen LogP contribution is 2.33. The SMILES string of the molecule is COc1ccc(-c2cccc(-c3ncc(C(N)=O)s3)c2)cc1NC(=O)C(C)N1CCOCC1. The van der Waals surface area contributed by atoms with Crippen molar-refractivity contribution in [3.05, 3.63) is 53.5 Å². The van der Waals surface area contributed by atoms with E-state index in [4.69, 9.17) is 15.2 Å². The molecule has 4 rings (SSSR count). The molecule has 0 radical (unpaired) electrons. The van der Waals surface area contributed by atoms with Gasteiger partial charge in [-0.25, -0.2) is 4.98 Å². The van der Waals surface area contributed by atoms with Crippen LogP contribution in [0.4, 0.5) is 5.69 Å². The molecule has 8 nitrogen and oxygen atoms in total. The number of hydrogen-bond donors (Lipinski definition) is 2. The summed E-state index contributed by atoms with van der Waals surface area (Å²) in [5, 5.41) is 3.74. The van der Waals surface area contributed by atoms with Gasteiger partial charge in [0.15, 0.2) is 0 Å². The largest absolute Gasteiger partial charge is 0.495 e. The zero-order valence-corrected chi connectivity index (χ0v) is 19.4. The highest BCUT2D eigenvalue weighted by Gasteiger charge is 2.24. The van der Waals surface area contributed by atoms with E-state index in [2.05, 4.69) is 15.2 Å². The van der Waals surface area contributed by atoms with E-state index < -0.39 is 5.91 Å². The molecule has 0 bridgehead atoms. The maximum absolute atomic E-state index is 12.9. The first kappa shape index (κ1) is 22.9. The molecule has 9 heteroatoms. The molecule has 1 saturated heterocycles. The normalized spacial score (nSPS) is 15.1. The number of rotatable bonds is 7. The van der Waals surface area contributed by atoms with Gasteiger partial charge in [0.25, 0.3) is 5.91 Å². The molecule has 1 unspecified atom stereocenters. The van der Waals surface area contributed by atoms with E-state index in [1.165, 1.54) is 17.5 Å². The van der Waals surface area contributed by atoms with Gasteiger partial charge in [-0.3, -0.25) is 14.5 Å². The fraction of sp³-hybridized carbons (Fsp3) is 0.292. The first-order valence-corrected chi connectivity index (χ1v) is 11.4. The van der Waals surface area contributed by atoms with E-state index >= 15 is 0 Å². The summed E-state index contributed by atoms with van der Waals surface area (Å²) < 4.78 is 10.9. The second-order valence-corrected chi connectivity index (χ2v) is 8.73. The summed E-state index contributed by atoms with van der Waals surface area (Å²) in [5.41, 5.74) is 8.71. The number of nitrogens with zero attached hydrogens (tertiary/aromatic N) is 2. The van der Waals surface area contributed by atoms with Crippen molar-refractivity contribution in [1.82, 2.24) is 9.88 Å². The van der Waals surface area contributed by atoms with Crippen LogP contribution < -0.4 is 15.8 Å². The monoisotopic (exact) mass is 466 g/mol. The van der Waals surface area contributed by atoms with Crippen molar-refractivity contribution in [2.75, 3.05) is 38.7 Å². The van der Waals surface area contributed by atoms with Gasteiger partial charge < -0.3 is 20.5 Å². The minimum Gasteiger partial charge on any atom is -0.495 e. The number of hydrogen-bond acceptors (Lipinski definition) is 7. The Balaban J connectivity index is 1.58. The van der Waals surface area contributed by atoms with Gasteiger partial charge in [0.05, 0.1) is 38.2 Å². The molecule has 172 valence electrons. The van der Waals surface area contributed by atoms with Crippen LogP contribution in [-0.2, 0) is 9.53 Å². The number of amides is 2. The Kier molecular flexibility index (Phi) is 7.02. The van der Waals surface area contributed by atoms with Crippen molar-refractivity contribution in [3.63, 3.8) is 0 Å². The van der Waals surface area contributed by atoms with E-state index in [1.54, 1.807) is 7.11 Å². The van der Waals surface area contributed by atoms with Crippen LogP contribution in [0.1, 0.15) is 16.6 Å². The zero-order chi connectivity index (χ0) is 23.4. The molecule has 1 fully saturated rings. The average Bonchev–Trinajstić information content (AvgIpc) is 3.35. The lowest BCUT2D eigenvalue weighted by atomic mass is 10.0. The van der Waals surface area contributed by atoms with Crippen molar-refractivity contribution in [2.24, 2.45) is 5.73 Å². The average molecular weight is 467 g/mol. The molecule has 1 aliphatic rings. The van der Waals surface area contributed by atoms with Crippen molar-refractivity contribution in [2.45, 2.75) is 13.0 Å². The minimum atomic E-state index is -0.489. The van der Waals surface area contributed by atoms with Crippen LogP contribution in [0.3, 0.4) is 0 Å². The molecule has 3 N–H and O–H groups in total. The number of nitrogens with two attached hydrogens (primary N) is 1. The zero-order valence-electron chi connectivity index (χ0n) is 18.5. The number of ether oxygens (including phenoxy) is 2. The fourth-order valence-corrected chi connectivity index (χ4v) is 4.47. The number of benzene rings is 2. The first-order valence-electron chi connectivity index (χ1n) is 10.6. The van der Waals surface area contributed by atoms with Crippen molar-refractivity contribution in [1.29, 1.82) is 0 Å². The van der Waals surface area contributed by atoms with Crippen LogP contribution in [0.15, 0.2) is 48.7 Å². The predicted octanol–water partition coefficient (Wildman–Crippen LogP) is 3.24. The van der Waals surface area contributed by atoms with Gasteiger partial charge in [-0.05, 0) is 36.2 Å². The van der Waals surface area contributed by atoms with Crippen LogP contribution in [0.5, 0.6) is 5.75 Å². The molecule has 1 aliphatic heterocycles. The molecule has 2 amide bonds. The molecule has 2 heterocycles. The van der Waals surface area contributed by atoms with E-state index in [1.807, 2.05) is 49.4 Å². The Morgan fingerprint density at radius 3 is 2.58 bits per heavy atom. The fourth-order valence-electron chi connectivity index (χ4n) is 3.71. The summed E-state index contributed by atoms with van der Waals surface area (Å²) >= 11 is 1.26. The van der Waals surface area contributed by atoms with E-state index in [9.17, 15) is 9.59 Å². The van der Waals surface area contributed by atoms with Gasteiger partial charge in [-0.1, -0.05) is 24.3 Å². The number of thiazole rings is 1. The number of methoxy groups -OCH3 is 1. The van der Waals surface area contributed by atoms with E-state index in [-0.39, 0.29) is 11.9 Å². The quantitative estimate of drug-likeness (QED) is 0.554. The molecule has 2 aromatic carbocycles. The summed E-state index contributed by atoms with van der Waals surface area (Å²) in [6.07, 6.45) is 1.49. The molecule has 1 aromatic heterocycles. The standard InChI is InChI=1S/C24H26N4O4S/c1-15(28-8-10-32-11-9-28)23(30)27-19-13-17(6-7-20(19)31-2)16-4-3-5-18(12-16)24-26-14-21(33-24)22(25)29/h3-7,12-15H,8-11H2,1-2H3,(H2,25,29)(H,27,30). The molecule has 0 saturated carbocycles. The lowest BCUT2D eigenvalue weighted by molar-refractivity contribution is -0.122. The van der Waals surface area contributed by atoms with Gasteiger partial charge >= 0.3 is 0 Å². The summed E-state index contributed by atoms with van der Waals surface area (Å²) in [4.78, 5) is 31.2. The molecule has 1 atom stereocenters. The van der Waals surface area contributed by atoms with Crippen LogP contribution in [0.25, 0.3) is 21.7 Å². The molecule has 3 aromatic rings. The molecule has 33 heavy (non-hydrogen) atoms. The van der Waals surface area contributed by atoms with Crippen molar-refractivity contribution >= 4 is 28.8 Å². The second kappa shape index (κ2) is 10.1.